The van der Waals surface area contributed by atoms with Crippen LogP contribution in [-0.2, 0) is 9.53 Å². The molecule has 3 heteroatoms. The average molecular weight is 129 g/mol. The fourth-order valence-corrected chi connectivity index (χ4v) is 1.09. The Hall–Kier alpha value is -0.570. The Bertz CT molecular complexity index is 97.2. The van der Waals surface area contributed by atoms with E-state index >= 15 is 0 Å². The van der Waals surface area contributed by atoms with Crippen molar-refractivity contribution >= 4 is 6.41 Å². The number of hydrogen-bond donors (Lipinski definition) is 1. The van der Waals surface area contributed by atoms with E-state index in [9.17, 15) is 0 Å². The summed E-state index contributed by atoms with van der Waals surface area (Å²) in [6.07, 6.45) is 1.71. The molecule has 2 rings (SSSR count). The fraction of sp³-hybridized carbons (Fsp3) is 0.833. The van der Waals surface area contributed by atoms with E-state index in [0.29, 0.717) is 0 Å². The number of carbonyl (C=O) groups is 1. The first-order valence-electron chi connectivity index (χ1n) is 3.11. The highest BCUT2D eigenvalue weighted by Gasteiger charge is 2.41. The van der Waals surface area contributed by atoms with Crippen LogP contribution >= 0.6 is 0 Å². The standard InChI is InChI=1S/C5H8O.CH3NO/c1-4-2-6-3-5(1)4;2-1-3/h4-5H,1-3H2;1H,(H2,2,3). The van der Waals surface area contributed by atoms with Gasteiger partial charge in [-0.05, 0) is 18.3 Å². The van der Waals surface area contributed by atoms with Gasteiger partial charge < -0.3 is 10.5 Å². The maximum Gasteiger partial charge on any atom is 0.204 e. The number of primary amides is 1. The Morgan fingerprint density at radius 3 is 2.00 bits per heavy atom. The van der Waals surface area contributed by atoms with Gasteiger partial charge in [-0.2, -0.15) is 0 Å². The zero-order valence-electron chi connectivity index (χ0n) is 5.25. The second-order valence-electron chi connectivity index (χ2n) is 2.43. The highest BCUT2D eigenvalue weighted by Crippen LogP contribution is 2.43. The van der Waals surface area contributed by atoms with Gasteiger partial charge in [0.15, 0.2) is 0 Å². The molecule has 1 saturated heterocycles. The van der Waals surface area contributed by atoms with E-state index < -0.39 is 0 Å². The lowest BCUT2D eigenvalue weighted by Crippen LogP contribution is -1.86. The Morgan fingerprint density at radius 2 is 1.89 bits per heavy atom. The molecule has 0 aromatic heterocycles. The van der Waals surface area contributed by atoms with Crippen LogP contribution in [0.15, 0.2) is 0 Å². The predicted octanol–water partition coefficient (Wildman–Crippen LogP) is -0.246. The number of rotatable bonds is 0. The predicted molar refractivity (Wildman–Crippen MR) is 32.7 cm³/mol. The number of amides is 1. The third kappa shape index (κ3) is 1.68. The first-order valence-corrected chi connectivity index (χ1v) is 3.11. The van der Waals surface area contributed by atoms with E-state index in [0.717, 1.165) is 25.0 Å². The van der Waals surface area contributed by atoms with Gasteiger partial charge in [0.05, 0.1) is 0 Å². The summed E-state index contributed by atoms with van der Waals surface area (Å²) in [4.78, 5) is 8.58. The first-order chi connectivity index (χ1) is 4.38. The molecule has 52 valence electrons. The highest BCUT2D eigenvalue weighted by molar-refractivity contribution is 5.42. The van der Waals surface area contributed by atoms with Gasteiger partial charge in [-0.3, -0.25) is 4.79 Å². The van der Waals surface area contributed by atoms with Crippen LogP contribution in [0.4, 0.5) is 0 Å². The lowest BCUT2D eigenvalue weighted by Gasteiger charge is -1.87. The number of nitrogens with two attached hydrogens (primary N) is 1. The molecule has 1 saturated carbocycles. The van der Waals surface area contributed by atoms with Gasteiger partial charge in [0.2, 0.25) is 6.41 Å². The number of ether oxygens (including phenoxy) is 1. The Morgan fingerprint density at radius 1 is 1.44 bits per heavy atom. The van der Waals surface area contributed by atoms with Crippen LogP contribution in [0.3, 0.4) is 0 Å². The molecule has 0 bridgehead atoms. The number of fused-ring (bicyclic) bond motifs is 1. The lowest BCUT2D eigenvalue weighted by atomic mass is 10.4. The summed E-state index contributed by atoms with van der Waals surface area (Å²) in [5.41, 5.74) is 4.17. The molecule has 9 heavy (non-hydrogen) atoms. The van der Waals surface area contributed by atoms with Crippen LogP contribution in [0.25, 0.3) is 0 Å². The third-order valence-corrected chi connectivity index (χ3v) is 1.73. The van der Waals surface area contributed by atoms with Gasteiger partial charge in [-0.1, -0.05) is 0 Å². The monoisotopic (exact) mass is 129 g/mol. The summed E-state index contributed by atoms with van der Waals surface area (Å²) in [5.74, 6) is 1.98. The van der Waals surface area contributed by atoms with Crippen LogP contribution in [0.1, 0.15) is 6.42 Å². The molecule has 3 nitrogen and oxygen atoms in total. The fourth-order valence-electron chi connectivity index (χ4n) is 1.09. The average Bonchev–Trinajstić information content (AvgIpc) is 2.43. The van der Waals surface area contributed by atoms with Crippen LogP contribution in [0.5, 0.6) is 0 Å². The summed E-state index contributed by atoms with van der Waals surface area (Å²) < 4.78 is 5.11. The summed E-state index contributed by atoms with van der Waals surface area (Å²) in [6, 6.07) is 0. The Balaban J connectivity index is 0.000000120. The number of hydrogen-bond acceptors (Lipinski definition) is 2. The van der Waals surface area contributed by atoms with Crippen molar-refractivity contribution in [1.82, 2.24) is 0 Å². The quantitative estimate of drug-likeness (QED) is 0.459. The van der Waals surface area contributed by atoms with Crippen molar-refractivity contribution in [3.63, 3.8) is 0 Å². The minimum absolute atomic E-state index is 0.250. The van der Waals surface area contributed by atoms with E-state index in [1.807, 2.05) is 0 Å². The largest absolute Gasteiger partial charge is 0.381 e. The third-order valence-electron chi connectivity index (χ3n) is 1.73. The van der Waals surface area contributed by atoms with Crippen LogP contribution in [-0.4, -0.2) is 19.6 Å². The van der Waals surface area contributed by atoms with Gasteiger partial charge in [-0.25, -0.2) is 0 Å². The molecule has 2 aliphatic rings. The molecule has 2 atom stereocenters. The molecule has 1 heterocycles. The van der Waals surface area contributed by atoms with Crippen molar-refractivity contribution in [3.05, 3.63) is 0 Å². The molecule has 0 spiro atoms. The highest BCUT2D eigenvalue weighted by atomic mass is 16.5. The normalized spacial score (nSPS) is 36.0. The van der Waals surface area contributed by atoms with E-state index in [1.54, 1.807) is 0 Å². The van der Waals surface area contributed by atoms with Crippen molar-refractivity contribution in [1.29, 1.82) is 0 Å². The van der Waals surface area contributed by atoms with Crippen molar-refractivity contribution in [2.75, 3.05) is 13.2 Å². The van der Waals surface area contributed by atoms with Crippen LogP contribution in [0.2, 0.25) is 0 Å². The van der Waals surface area contributed by atoms with Crippen molar-refractivity contribution in [2.45, 2.75) is 6.42 Å². The molecule has 0 aromatic rings. The molecule has 0 radical (unpaired) electrons. The molecule has 2 unspecified atom stereocenters. The lowest BCUT2D eigenvalue weighted by molar-refractivity contribution is -0.106. The number of carbonyl (C=O) groups excluding carboxylic acids is 1. The smallest absolute Gasteiger partial charge is 0.204 e. The molecule has 1 aliphatic heterocycles. The van der Waals surface area contributed by atoms with E-state index in [2.05, 4.69) is 5.73 Å². The van der Waals surface area contributed by atoms with Crippen molar-refractivity contribution in [2.24, 2.45) is 17.6 Å². The molecule has 1 amide bonds. The second-order valence-corrected chi connectivity index (χ2v) is 2.43. The summed E-state index contributed by atoms with van der Waals surface area (Å²) in [6.45, 7) is 2.12. The maximum absolute atomic E-state index is 8.58. The Labute approximate surface area is 54.2 Å². The van der Waals surface area contributed by atoms with Crippen molar-refractivity contribution < 1.29 is 9.53 Å². The minimum Gasteiger partial charge on any atom is -0.381 e. The van der Waals surface area contributed by atoms with Crippen LogP contribution in [0, 0.1) is 11.8 Å². The zero-order chi connectivity index (χ0) is 6.69. The van der Waals surface area contributed by atoms with E-state index in [4.69, 9.17) is 9.53 Å². The second kappa shape index (κ2) is 2.82. The van der Waals surface area contributed by atoms with Crippen molar-refractivity contribution in [3.8, 4) is 0 Å². The Kier molecular flexibility index (Phi) is 2.05. The minimum atomic E-state index is 0.250. The summed E-state index contributed by atoms with van der Waals surface area (Å²) in [5, 5.41) is 0. The summed E-state index contributed by atoms with van der Waals surface area (Å²) >= 11 is 0. The first kappa shape index (κ1) is 6.55. The topological polar surface area (TPSA) is 52.3 Å². The van der Waals surface area contributed by atoms with E-state index in [1.165, 1.54) is 6.42 Å². The zero-order valence-corrected chi connectivity index (χ0v) is 5.25. The van der Waals surface area contributed by atoms with Gasteiger partial charge in [0.25, 0.3) is 0 Å². The SMILES string of the molecule is C1OCC2CC12.NC=O. The van der Waals surface area contributed by atoms with Crippen LogP contribution < -0.4 is 5.73 Å². The van der Waals surface area contributed by atoms with Gasteiger partial charge in [0, 0.05) is 13.2 Å². The van der Waals surface area contributed by atoms with Gasteiger partial charge in [-0.15, -0.1) is 0 Å². The molecular formula is C6H11NO2. The molecule has 2 N–H and O–H groups in total. The molecule has 2 fully saturated rings. The maximum atomic E-state index is 8.58. The summed E-state index contributed by atoms with van der Waals surface area (Å²) in [7, 11) is 0. The van der Waals surface area contributed by atoms with Gasteiger partial charge in [0.1, 0.15) is 0 Å². The molecular weight excluding hydrogens is 118 g/mol. The molecule has 0 aromatic carbocycles. The van der Waals surface area contributed by atoms with Gasteiger partial charge >= 0.3 is 0 Å². The van der Waals surface area contributed by atoms with E-state index in [-0.39, 0.29) is 6.41 Å². The molecule has 1 aliphatic carbocycles.